The van der Waals surface area contributed by atoms with Gasteiger partial charge in [0.15, 0.2) is 6.10 Å². The Kier molecular flexibility index (Phi) is 30.9. The minimum absolute atomic E-state index is 0.0499. The minimum Gasteiger partial charge on any atom is -0.462 e. The Morgan fingerprint density at radius 1 is 0.667 bits per heavy atom. The third-order valence-electron chi connectivity index (χ3n) is 7.03. The number of phosphoric ester groups is 1. The van der Waals surface area contributed by atoms with Gasteiger partial charge in [-0.05, 0) is 51.4 Å². The fourth-order valence-corrected chi connectivity index (χ4v) is 5.17. The summed E-state index contributed by atoms with van der Waals surface area (Å²) in [5.74, 6) is -0.864. The SMILES string of the molecule is CCCCC/C=C/C/C=C/C/C=C/CCCCCCC(=O)OC[C@@H](COP(=O)(O)OCCN)OC(=O)CCCCCCCCC. The van der Waals surface area contributed by atoms with Crippen molar-refractivity contribution in [1.29, 1.82) is 0 Å². The molecule has 0 aliphatic heterocycles. The van der Waals surface area contributed by atoms with Gasteiger partial charge in [0.2, 0.25) is 0 Å². The number of ether oxygens (including phenoxy) is 2. The van der Waals surface area contributed by atoms with Crippen molar-refractivity contribution in [2.75, 3.05) is 26.4 Å². The molecule has 0 aromatic heterocycles. The quantitative estimate of drug-likeness (QED) is 0.0314. The van der Waals surface area contributed by atoms with Crippen LogP contribution in [0.25, 0.3) is 0 Å². The number of nitrogens with two attached hydrogens (primary N) is 1. The number of carbonyl (C=O) groups is 2. The second-order valence-electron chi connectivity index (χ2n) is 11.4. The van der Waals surface area contributed by atoms with Crippen molar-refractivity contribution >= 4 is 19.8 Å². The molecule has 0 bridgehead atoms. The van der Waals surface area contributed by atoms with Crippen molar-refractivity contribution < 1.29 is 37.6 Å². The van der Waals surface area contributed by atoms with Crippen LogP contribution in [-0.2, 0) is 32.7 Å². The van der Waals surface area contributed by atoms with Crippen molar-refractivity contribution in [1.82, 2.24) is 0 Å². The fraction of sp³-hybridized carbons (Fsp3) is 0.771. The topological polar surface area (TPSA) is 134 Å². The van der Waals surface area contributed by atoms with Crippen molar-refractivity contribution in [3.8, 4) is 0 Å². The summed E-state index contributed by atoms with van der Waals surface area (Å²) in [6, 6.07) is 0. The Morgan fingerprint density at radius 3 is 1.76 bits per heavy atom. The third-order valence-corrected chi connectivity index (χ3v) is 8.01. The molecule has 1 unspecified atom stereocenters. The van der Waals surface area contributed by atoms with Crippen LogP contribution < -0.4 is 5.73 Å². The van der Waals surface area contributed by atoms with Gasteiger partial charge in [-0.25, -0.2) is 4.57 Å². The maximum Gasteiger partial charge on any atom is 0.472 e. The first kappa shape index (κ1) is 43.2. The Labute approximate surface area is 274 Å². The summed E-state index contributed by atoms with van der Waals surface area (Å²) in [5.41, 5.74) is 5.30. The van der Waals surface area contributed by atoms with Gasteiger partial charge in [0.25, 0.3) is 0 Å². The molecule has 10 heteroatoms. The Hall–Kier alpha value is -1.77. The van der Waals surface area contributed by atoms with Crippen LogP contribution >= 0.6 is 7.82 Å². The molecule has 262 valence electrons. The normalized spacial score (nSPS) is 14.0. The van der Waals surface area contributed by atoms with Gasteiger partial charge in [-0.1, -0.05) is 115 Å². The van der Waals surface area contributed by atoms with E-state index in [1.807, 2.05) is 0 Å². The van der Waals surface area contributed by atoms with Crippen LogP contribution in [0.15, 0.2) is 36.5 Å². The summed E-state index contributed by atoms with van der Waals surface area (Å²) in [7, 11) is -4.36. The average Bonchev–Trinajstić information content (AvgIpc) is 3.02. The third kappa shape index (κ3) is 32.0. The zero-order valence-electron chi connectivity index (χ0n) is 28.3. The Morgan fingerprint density at radius 2 is 1.16 bits per heavy atom. The average molecular weight is 658 g/mol. The monoisotopic (exact) mass is 657 g/mol. The second kappa shape index (κ2) is 32.2. The van der Waals surface area contributed by atoms with Gasteiger partial charge >= 0.3 is 19.8 Å². The number of allylic oxidation sites excluding steroid dienone is 6. The summed E-state index contributed by atoms with van der Waals surface area (Å²) in [6.45, 7) is 3.59. The largest absolute Gasteiger partial charge is 0.472 e. The lowest BCUT2D eigenvalue weighted by Gasteiger charge is -2.19. The highest BCUT2D eigenvalue weighted by Gasteiger charge is 2.25. The van der Waals surface area contributed by atoms with Gasteiger partial charge in [0.05, 0.1) is 13.2 Å². The lowest BCUT2D eigenvalue weighted by Crippen LogP contribution is -2.29. The van der Waals surface area contributed by atoms with Gasteiger partial charge < -0.3 is 20.1 Å². The first-order chi connectivity index (χ1) is 21.8. The number of carbonyl (C=O) groups excluding carboxylic acids is 2. The molecule has 0 aliphatic carbocycles. The molecule has 45 heavy (non-hydrogen) atoms. The van der Waals surface area contributed by atoms with E-state index in [-0.39, 0.29) is 32.6 Å². The van der Waals surface area contributed by atoms with E-state index in [1.54, 1.807) is 0 Å². The van der Waals surface area contributed by atoms with Crippen LogP contribution in [0.3, 0.4) is 0 Å². The first-order valence-corrected chi connectivity index (χ1v) is 19.0. The molecule has 0 aliphatic rings. The predicted octanol–water partition coefficient (Wildman–Crippen LogP) is 9.04. The van der Waals surface area contributed by atoms with Crippen molar-refractivity contribution in [2.45, 2.75) is 148 Å². The van der Waals surface area contributed by atoms with Gasteiger partial charge in [-0.15, -0.1) is 0 Å². The number of unbranched alkanes of at least 4 members (excludes halogenated alkanes) is 13. The van der Waals surface area contributed by atoms with Crippen LogP contribution in [0, 0.1) is 0 Å². The maximum absolute atomic E-state index is 12.4. The minimum atomic E-state index is -4.36. The van der Waals surface area contributed by atoms with Gasteiger partial charge in [-0.3, -0.25) is 18.6 Å². The molecular weight excluding hydrogens is 593 g/mol. The van der Waals surface area contributed by atoms with Crippen LogP contribution in [0.5, 0.6) is 0 Å². The number of esters is 2. The van der Waals surface area contributed by atoms with Crippen LogP contribution in [0.1, 0.15) is 142 Å². The summed E-state index contributed by atoms with van der Waals surface area (Å²) in [6.07, 6.45) is 31.9. The van der Waals surface area contributed by atoms with E-state index in [0.717, 1.165) is 57.8 Å². The zero-order chi connectivity index (χ0) is 33.3. The fourth-order valence-electron chi connectivity index (χ4n) is 4.40. The Balaban J connectivity index is 4.23. The van der Waals surface area contributed by atoms with E-state index in [1.165, 1.54) is 44.9 Å². The molecule has 0 saturated heterocycles. The lowest BCUT2D eigenvalue weighted by molar-refractivity contribution is -0.161. The van der Waals surface area contributed by atoms with Gasteiger partial charge in [-0.2, -0.15) is 0 Å². The molecule has 0 rings (SSSR count). The summed E-state index contributed by atoms with van der Waals surface area (Å²) >= 11 is 0. The van der Waals surface area contributed by atoms with E-state index in [4.69, 9.17) is 24.3 Å². The van der Waals surface area contributed by atoms with E-state index >= 15 is 0 Å². The second-order valence-corrected chi connectivity index (χ2v) is 12.8. The van der Waals surface area contributed by atoms with Crippen molar-refractivity contribution in [2.24, 2.45) is 5.73 Å². The molecule has 3 N–H and O–H groups in total. The molecular formula is C35H64NO8P. The van der Waals surface area contributed by atoms with Crippen LogP contribution in [0.4, 0.5) is 0 Å². The molecule has 0 spiro atoms. The summed E-state index contributed by atoms with van der Waals surface area (Å²) in [5, 5.41) is 0. The smallest absolute Gasteiger partial charge is 0.462 e. The number of rotatable bonds is 32. The predicted molar refractivity (Wildman–Crippen MR) is 183 cm³/mol. The molecule has 9 nitrogen and oxygen atoms in total. The van der Waals surface area contributed by atoms with Gasteiger partial charge in [0, 0.05) is 19.4 Å². The lowest BCUT2D eigenvalue weighted by atomic mass is 10.1. The number of hydrogen-bond acceptors (Lipinski definition) is 8. The summed E-state index contributed by atoms with van der Waals surface area (Å²) in [4.78, 5) is 34.4. The van der Waals surface area contributed by atoms with Gasteiger partial charge in [0.1, 0.15) is 6.61 Å². The first-order valence-electron chi connectivity index (χ1n) is 17.5. The molecule has 0 fully saturated rings. The maximum atomic E-state index is 12.4. The molecule has 0 aromatic rings. The molecule has 0 radical (unpaired) electrons. The Bertz CT molecular complexity index is 846. The van der Waals surface area contributed by atoms with E-state index in [2.05, 4.69) is 50.3 Å². The van der Waals surface area contributed by atoms with E-state index < -0.39 is 32.5 Å². The highest BCUT2D eigenvalue weighted by molar-refractivity contribution is 7.47. The molecule has 2 atom stereocenters. The number of phosphoric acid groups is 1. The molecule has 0 amide bonds. The standard InChI is InChI=1S/C35H64NO8P/c1-3-5-7-9-11-12-13-14-15-16-17-18-19-20-22-23-25-27-34(37)41-31-33(32-43-45(39,40)42-30-29-36)44-35(38)28-26-24-21-10-8-6-4-2/h11-12,14-15,17-18,33H,3-10,13,16,19-32,36H2,1-2H3,(H,39,40)/b12-11+,15-14+,18-17+/t33-/m0/s1. The van der Waals surface area contributed by atoms with Crippen LogP contribution in [0.2, 0.25) is 0 Å². The molecule has 0 heterocycles. The summed E-state index contributed by atoms with van der Waals surface area (Å²) < 4.78 is 32.4. The highest BCUT2D eigenvalue weighted by Crippen LogP contribution is 2.43. The number of hydrogen-bond donors (Lipinski definition) is 2. The van der Waals surface area contributed by atoms with E-state index in [9.17, 15) is 19.0 Å². The zero-order valence-corrected chi connectivity index (χ0v) is 29.2. The van der Waals surface area contributed by atoms with E-state index in [0.29, 0.717) is 12.8 Å². The molecule has 0 saturated carbocycles. The van der Waals surface area contributed by atoms with Crippen molar-refractivity contribution in [3.05, 3.63) is 36.5 Å². The molecule has 0 aromatic carbocycles. The van der Waals surface area contributed by atoms with Crippen molar-refractivity contribution in [3.63, 3.8) is 0 Å². The highest BCUT2D eigenvalue weighted by atomic mass is 31.2. The van der Waals surface area contributed by atoms with Crippen LogP contribution in [-0.4, -0.2) is 49.3 Å².